The number of carboxylic acid groups (broad SMARTS) is 1. The molecule has 0 saturated carbocycles. The van der Waals surface area contributed by atoms with Crippen LogP contribution >= 0.6 is 35.2 Å². The Hall–Kier alpha value is -3.16. The van der Waals surface area contributed by atoms with Crippen molar-refractivity contribution in [2.75, 3.05) is 43.5 Å². The second-order valence-corrected chi connectivity index (χ2v) is 19.8. The lowest BCUT2D eigenvalue weighted by Gasteiger charge is -2.30. The summed E-state index contributed by atoms with van der Waals surface area (Å²) in [6.07, 6.45) is -1.67. The lowest BCUT2D eigenvalue weighted by molar-refractivity contribution is -0.137. The number of aliphatic hydroxyl groups is 2. The molecule has 0 aliphatic carbocycles. The van der Waals surface area contributed by atoms with Gasteiger partial charge in [-0.1, -0.05) is 37.1 Å². The highest BCUT2D eigenvalue weighted by Crippen LogP contribution is 2.61. The number of nitrogens with one attached hydrogen (secondary N) is 2. The smallest absolute Gasteiger partial charge is 0.481 e. The molecule has 3 rings (SSSR count). The van der Waals surface area contributed by atoms with Crippen molar-refractivity contribution in [3.63, 3.8) is 0 Å². The minimum absolute atomic E-state index is 0.0279. The van der Waals surface area contributed by atoms with E-state index in [0.717, 1.165) is 34.8 Å². The summed E-state index contributed by atoms with van der Waals surface area (Å²) in [5, 5.41) is 35.7. The maximum Gasteiger partial charge on any atom is 0.481 e. The molecule has 1 fully saturated rings. The van der Waals surface area contributed by atoms with E-state index in [2.05, 4.69) is 34.4 Å². The number of imidazole rings is 1. The molecule has 2 aromatic heterocycles. The first-order valence-corrected chi connectivity index (χ1v) is 24.0. The normalized spacial score (nSPS) is 21.0. The average molecular weight is 948 g/mol. The number of fused-ring (bicyclic) bond motifs is 1. The fourth-order valence-corrected chi connectivity index (χ4v) is 9.06. The molecule has 11 N–H and O–H groups in total. The number of ether oxygens (including phenoxy) is 1. The van der Waals surface area contributed by atoms with Crippen LogP contribution in [0.4, 0.5) is 5.82 Å². The van der Waals surface area contributed by atoms with Crippen LogP contribution < -0.4 is 16.4 Å². The molecule has 25 nitrogen and oxygen atoms in total. The highest BCUT2D eigenvalue weighted by molar-refractivity contribution is 7.99. The number of phosphoric acid groups is 3. The number of amides is 2. The Balaban J connectivity index is 1.44. The number of aromatic nitrogens is 4. The summed E-state index contributed by atoms with van der Waals surface area (Å²) in [6.45, 7) is 4.54. The predicted molar refractivity (Wildman–Crippen MR) is 216 cm³/mol. The number of rotatable bonds is 26. The molecule has 1 aliphatic rings. The number of aliphatic carboxylic acids is 1. The van der Waals surface area contributed by atoms with Crippen LogP contribution in [0.5, 0.6) is 0 Å². The number of carboxylic acids is 1. The molecule has 0 spiro atoms. The first kappa shape index (κ1) is 52.2. The van der Waals surface area contributed by atoms with Crippen molar-refractivity contribution in [2.24, 2.45) is 5.41 Å². The van der Waals surface area contributed by atoms with E-state index in [9.17, 15) is 57.9 Å². The minimum atomic E-state index is -5.58. The predicted octanol–water partition coefficient (Wildman–Crippen LogP) is 1.29. The molecular formula is C32H52N7O18P3S. The number of phosphoric ester groups is 3. The summed E-state index contributed by atoms with van der Waals surface area (Å²) < 4.78 is 62.3. The second kappa shape index (κ2) is 23.0. The number of allylic oxidation sites excluding steroid dienone is 2. The lowest BCUT2D eigenvalue weighted by atomic mass is 9.87. The van der Waals surface area contributed by atoms with Gasteiger partial charge in [0.05, 0.1) is 26.0 Å². The Bertz CT molecular complexity index is 2040. The van der Waals surface area contributed by atoms with Crippen molar-refractivity contribution in [2.45, 2.75) is 84.0 Å². The zero-order valence-corrected chi connectivity index (χ0v) is 37.0. The molecule has 344 valence electrons. The molecule has 0 bridgehead atoms. The zero-order chi connectivity index (χ0) is 45.8. The number of anilines is 1. The van der Waals surface area contributed by atoms with Crippen LogP contribution in [-0.2, 0) is 50.7 Å². The molecule has 0 aromatic carbocycles. The number of nitrogens with two attached hydrogens (primary N) is 1. The molecule has 1 saturated heterocycles. The lowest BCUT2D eigenvalue weighted by Crippen LogP contribution is -2.46. The van der Waals surface area contributed by atoms with Crippen LogP contribution in [0.3, 0.4) is 0 Å². The summed E-state index contributed by atoms with van der Waals surface area (Å²) in [5.74, 6) is -1.22. The summed E-state index contributed by atoms with van der Waals surface area (Å²) in [7, 11) is -16.4. The number of thioether (sulfide) groups is 1. The molecule has 2 unspecified atom stereocenters. The van der Waals surface area contributed by atoms with Gasteiger partial charge >= 0.3 is 29.4 Å². The first-order chi connectivity index (χ1) is 28.3. The molecule has 2 aromatic rings. The van der Waals surface area contributed by atoms with E-state index in [-0.39, 0.29) is 36.4 Å². The summed E-state index contributed by atoms with van der Waals surface area (Å²) in [4.78, 5) is 87.1. The van der Waals surface area contributed by atoms with E-state index in [1.807, 2.05) is 26.0 Å². The Labute approximate surface area is 353 Å². The van der Waals surface area contributed by atoms with Gasteiger partial charge in [0.15, 0.2) is 17.7 Å². The maximum absolute atomic E-state index is 12.7. The maximum atomic E-state index is 12.7. The molecule has 61 heavy (non-hydrogen) atoms. The number of carbonyl (C=O) groups is 3. The summed E-state index contributed by atoms with van der Waals surface area (Å²) >= 11 is 1.50. The van der Waals surface area contributed by atoms with Crippen molar-refractivity contribution in [3.05, 3.63) is 36.0 Å². The molecule has 29 heteroatoms. The van der Waals surface area contributed by atoms with Crippen molar-refractivity contribution in [1.82, 2.24) is 30.2 Å². The van der Waals surface area contributed by atoms with Crippen LogP contribution in [0, 0.1) is 5.41 Å². The van der Waals surface area contributed by atoms with Gasteiger partial charge in [-0.2, -0.15) is 16.1 Å². The van der Waals surface area contributed by atoms with Gasteiger partial charge in [-0.25, -0.2) is 28.6 Å². The van der Waals surface area contributed by atoms with Crippen LogP contribution in [0.1, 0.15) is 59.6 Å². The van der Waals surface area contributed by atoms with Gasteiger partial charge in [0.25, 0.3) is 0 Å². The van der Waals surface area contributed by atoms with Gasteiger partial charge in [0.1, 0.15) is 36.3 Å². The molecule has 1 aliphatic heterocycles. The standard InChI is InChI=1S/C32H52N7O18P3S/c1-19(2)6-5-7-20(14-23(41)42)9-12-61-13-11-34-22(40)8-10-35-30(45)27(44)32(3,4)16-54-60(51,52)57-59(49,50)53-15-21-26(56-58(46,47)48)25(43)31(55-21)39-18-38-24-28(33)36-17-37-29(24)39/h6,9,17-18,21,25-27,31,43-44H,5,7-8,10-16H2,1-4H3,(H,34,40)(H,35,45)(H,41,42)(H,49,50)(H,51,52)(H2,33,36,37)(H2,46,47,48)/b20-9-/t21-,25-,26-,27+,31-/m1/s1. The van der Waals surface area contributed by atoms with Gasteiger partial charge in [-0.15, -0.1) is 0 Å². The molecule has 7 atom stereocenters. The third kappa shape index (κ3) is 17.5. The van der Waals surface area contributed by atoms with Gasteiger partial charge in [0.2, 0.25) is 11.8 Å². The van der Waals surface area contributed by atoms with Crippen molar-refractivity contribution < 1.29 is 85.6 Å². The molecule has 0 radical (unpaired) electrons. The fraction of sp³-hybridized carbons (Fsp3) is 0.625. The van der Waals surface area contributed by atoms with E-state index in [4.69, 9.17) is 24.6 Å². The Kier molecular flexibility index (Phi) is 19.7. The topological polar surface area (TPSA) is 384 Å². The van der Waals surface area contributed by atoms with Crippen LogP contribution in [0.25, 0.3) is 11.2 Å². The zero-order valence-electron chi connectivity index (χ0n) is 33.5. The number of nitrogens with zero attached hydrogens (tertiary/aromatic N) is 4. The SMILES string of the molecule is CC(C)=CCC/C(=C/CSCCNC(=O)CCNC(=O)[C@H](O)C(C)(C)COP(=O)(O)OP(=O)(O)OC[C@H]1O[C@@H](n2cnc3c(N)ncnc32)[C@H](O)[C@@H]1OP(=O)(O)O)CC(=O)O. The summed E-state index contributed by atoms with van der Waals surface area (Å²) in [6, 6.07) is 0. The van der Waals surface area contributed by atoms with Crippen LogP contribution in [0.2, 0.25) is 0 Å². The monoisotopic (exact) mass is 947 g/mol. The Morgan fingerprint density at radius 2 is 1.72 bits per heavy atom. The van der Waals surface area contributed by atoms with Gasteiger partial charge in [-0.05, 0) is 26.7 Å². The number of carbonyl (C=O) groups excluding carboxylic acids is 2. The van der Waals surface area contributed by atoms with Gasteiger partial charge < -0.3 is 56.0 Å². The summed E-state index contributed by atoms with van der Waals surface area (Å²) in [5.41, 5.74) is 6.22. The van der Waals surface area contributed by atoms with E-state index < -0.39 is 90.5 Å². The largest absolute Gasteiger partial charge is 0.481 e. The minimum Gasteiger partial charge on any atom is -0.481 e. The third-order valence-corrected chi connectivity index (χ3v) is 12.5. The average Bonchev–Trinajstić information content (AvgIpc) is 3.70. The highest BCUT2D eigenvalue weighted by atomic mass is 32.2. The molecular weight excluding hydrogens is 895 g/mol. The Morgan fingerprint density at radius 3 is 2.38 bits per heavy atom. The number of hydrogen-bond donors (Lipinski definition) is 10. The van der Waals surface area contributed by atoms with Crippen molar-refractivity contribution in [1.29, 1.82) is 0 Å². The van der Waals surface area contributed by atoms with E-state index >= 15 is 0 Å². The Morgan fingerprint density at radius 1 is 1.03 bits per heavy atom. The van der Waals surface area contributed by atoms with Crippen LogP contribution in [-0.4, -0.2) is 134 Å². The third-order valence-electron chi connectivity index (χ3n) is 8.53. The van der Waals surface area contributed by atoms with Gasteiger partial charge in [-0.3, -0.25) is 32.5 Å². The van der Waals surface area contributed by atoms with Crippen molar-refractivity contribution in [3.8, 4) is 0 Å². The highest BCUT2D eigenvalue weighted by Gasteiger charge is 2.50. The number of hydrogen-bond acceptors (Lipinski definition) is 18. The van der Waals surface area contributed by atoms with Crippen molar-refractivity contribution >= 4 is 70.0 Å². The van der Waals surface area contributed by atoms with Crippen LogP contribution in [0.15, 0.2) is 36.0 Å². The number of aliphatic hydroxyl groups excluding tert-OH is 2. The fourth-order valence-electron chi connectivity index (χ4n) is 5.47. The van der Waals surface area contributed by atoms with E-state index in [0.29, 0.717) is 24.5 Å². The number of nitrogen functional groups attached to an aromatic ring is 1. The quantitative estimate of drug-likeness (QED) is 0.0361. The molecule has 2 amide bonds. The van der Waals surface area contributed by atoms with E-state index in [1.54, 1.807) is 0 Å². The van der Waals surface area contributed by atoms with Gasteiger partial charge in [0, 0.05) is 36.4 Å². The van der Waals surface area contributed by atoms with E-state index in [1.165, 1.54) is 25.6 Å². The second-order valence-electron chi connectivity index (χ2n) is 14.4. The first-order valence-electron chi connectivity index (χ1n) is 18.3. The molecule has 3 heterocycles.